The number of hydrogen-bond donors (Lipinski definition) is 2. The highest BCUT2D eigenvalue weighted by atomic mass is 16.5. The summed E-state index contributed by atoms with van der Waals surface area (Å²) in [5, 5.41) is 9.99. The number of methoxy groups -OCH3 is 1. The van der Waals surface area contributed by atoms with E-state index in [1.807, 2.05) is 13.8 Å². The highest BCUT2D eigenvalue weighted by Crippen LogP contribution is 2.30. The zero-order chi connectivity index (χ0) is 15.3. The number of primary amides is 1. The molecule has 20 heavy (non-hydrogen) atoms. The van der Waals surface area contributed by atoms with Gasteiger partial charge < -0.3 is 20.5 Å². The Morgan fingerprint density at radius 2 is 2.05 bits per heavy atom. The summed E-state index contributed by atoms with van der Waals surface area (Å²) in [5.74, 6) is -0.904. The number of hydrogen-bond acceptors (Lipinski definition) is 4. The van der Waals surface area contributed by atoms with E-state index in [9.17, 15) is 14.7 Å². The Morgan fingerprint density at radius 3 is 2.55 bits per heavy atom. The van der Waals surface area contributed by atoms with Gasteiger partial charge in [0.1, 0.15) is 0 Å². The average Bonchev–Trinajstić information content (AvgIpc) is 2.36. The fourth-order valence-electron chi connectivity index (χ4n) is 1.88. The number of aromatic hydroxyl groups is 1. The molecule has 0 saturated carbocycles. The van der Waals surface area contributed by atoms with E-state index in [0.29, 0.717) is 6.54 Å². The number of nitrogens with zero attached hydrogens (tertiary/aromatic N) is 1. The third-order valence-electron chi connectivity index (χ3n) is 2.67. The van der Waals surface area contributed by atoms with Crippen LogP contribution in [0.15, 0.2) is 18.2 Å². The van der Waals surface area contributed by atoms with Crippen LogP contribution in [0, 0.1) is 5.92 Å². The smallest absolute Gasteiger partial charge is 0.258 e. The molecule has 0 bridgehead atoms. The van der Waals surface area contributed by atoms with Crippen LogP contribution in [0.2, 0.25) is 0 Å². The molecule has 0 aromatic heterocycles. The van der Waals surface area contributed by atoms with Crippen LogP contribution in [0.3, 0.4) is 0 Å². The Morgan fingerprint density at radius 1 is 1.40 bits per heavy atom. The summed E-state index contributed by atoms with van der Waals surface area (Å²) in [5.41, 5.74) is 5.25. The minimum Gasteiger partial charge on any atom is -0.504 e. The lowest BCUT2D eigenvalue weighted by molar-refractivity contribution is -0.118. The summed E-state index contributed by atoms with van der Waals surface area (Å²) < 4.78 is 4.97. The lowest BCUT2D eigenvalue weighted by atomic mass is 10.1. The number of phenols is 1. The minimum atomic E-state index is -0.596. The van der Waals surface area contributed by atoms with Gasteiger partial charge in [-0.2, -0.15) is 0 Å². The largest absolute Gasteiger partial charge is 0.504 e. The van der Waals surface area contributed by atoms with Gasteiger partial charge >= 0.3 is 0 Å². The Labute approximate surface area is 118 Å². The normalized spacial score (nSPS) is 10.4. The molecule has 0 aliphatic heterocycles. The zero-order valence-electron chi connectivity index (χ0n) is 11.9. The third-order valence-corrected chi connectivity index (χ3v) is 2.67. The monoisotopic (exact) mass is 280 g/mol. The van der Waals surface area contributed by atoms with Gasteiger partial charge in [0.2, 0.25) is 5.91 Å². The molecule has 0 radical (unpaired) electrons. The maximum absolute atomic E-state index is 12.4. The van der Waals surface area contributed by atoms with E-state index in [2.05, 4.69) is 0 Å². The average molecular weight is 280 g/mol. The lowest BCUT2D eigenvalue weighted by Crippen LogP contribution is -2.40. The van der Waals surface area contributed by atoms with Gasteiger partial charge in [0.25, 0.3) is 5.91 Å². The number of carbonyl (C=O) groups excluding carboxylic acids is 2. The van der Waals surface area contributed by atoms with E-state index < -0.39 is 11.8 Å². The number of rotatable bonds is 6. The van der Waals surface area contributed by atoms with Crippen molar-refractivity contribution in [2.75, 3.05) is 20.2 Å². The minimum absolute atomic E-state index is 0.0891. The molecule has 0 saturated heterocycles. The Kier molecular flexibility index (Phi) is 5.37. The number of nitrogens with two attached hydrogens (primary N) is 1. The Bertz CT molecular complexity index is 500. The van der Waals surface area contributed by atoms with E-state index in [0.717, 1.165) is 0 Å². The third kappa shape index (κ3) is 3.88. The van der Waals surface area contributed by atoms with Crippen molar-refractivity contribution in [3.63, 3.8) is 0 Å². The predicted molar refractivity (Wildman–Crippen MR) is 74.6 cm³/mol. The number of para-hydroxylation sites is 1. The second-order valence-corrected chi connectivity index (χ2v) is 4.90. The second-order valence-electron chi connectivity index (χ2n) is 4.90. The topological polar surface area (TPSA) is 92.9 Å². The molecule has 0 aliphatic rings. The van der Waals surface area contributed by atoms with Crippen LogP contribution < -0.4 is 10.5 Å². The molecule has 110 valence electrons. The zero-order valence-corrected chi connectivity index (χ0v) is 11.9. The SMILES string of the molecule is COc1cccc(C(=O)N(CC(N)=O)CC(C)C)c1O. The molecule has 6 nitrogen and oxygen atoms in total. The second kappa shape index (κ2) is 6.79. The first-order valence-electron chi connectivity index (χ1n) is 6.30. The van der Waals surface area contributed by atoms with Crippen LogP contribution in [0.25, 0.3) is 0 Å². The fraction of sp³-hybridized carbons (Fsp3) is 0.429. The van der Waals surface area contributed by atoms with E-state index in [-0.39, 0.29) is 29.5 Å². The molecule has 3 N–H and O–H groups in total. The summed E-state index contributed by atoms with van der Waals surface area (Å²) in [6, 6.07) is 4.63. The molecule has 0 spiro atoms. The van der Waals surface area contributed by atoms with Crippen molar-refractivity contribution in [1.82, 2.24) is 4.90 Å². The number of carbonyl (C=O) groups is 2. The number of ether oxygens (including phenoxy) is 1. The summed E-state index contributed by atoms with van der Waals surface area (Å²) in [6.07, 6.45) is 0. The highest BCUT2D eigenvalue weighted by Gasteiger charge is 2.22. The molecule has 2 amide bonds. The summed E-state index contributed by atoms with van der Waals surface area (Å²) >= 11 is 0. The molecule has 6 heteroatoms. The lowest BCUT2D eigenvalue weighted by Gasteiger charge is -2.23. The Balaban J connectivity index is 3.08. The maximum atomic E-state index is 12.4. The molecule has 0 atom stereocenters. The van der Waals surface area contributed by atoms with Crippen molar-refractivity contribution in [2.45, 2.75) is 13.8 Å². The first kappa shape index (κ1) is 15.8. The van der Waals surface area contributed by atoms with Crippen molar-refractivity contribution < 1.29 is 19.4 Å². The van der Waals surface area contributed by atoms with Crippen molar-refractivity contribution in [3.05, 3.63) is 23.8 Å². The van der Waals surface area contributed by atoms with Gasteiger partial charge in [-0.15, -0.1) is 0 Å². The van der Waals surface area contributed by atoms with Crippen LogP contribution in [-0.4, -0.2) is 42.0 Å². The van der Waals surface area contributed by atoms with E-state index in [1.165, 1.54) is 18.1 Å². The molecule has 1 aromatic rings. The molecule has 0 fully saturated rings. The standard InChI is InChI=1S/C14H20N2O4/c1-9(2)7-16(8-12(15)17)14(19)10-5-4-6-11(20-3)13(10)18/h4-6,9,18H,7-8H2,1-3H3,(H2,15,17). The number of amides is 2. The van der Waals surface area contributed by atoms with Crippen molar-refractivity contribution in [1.29, 1.82) is 0 Å². The number of phenolic OH excluding ortho intramolecular Hbond substituents is 1. The molecule has 0 aliphatic carbocycles. The molecule has 1 aromatic carbocycles. The molecule has 0 heterocycles. The Hall–Kier alpha value is -2.24. The number of benzene rings is 1. The van der Waals surface area contributed by atoms with Gasteiger partial charge in [-0.05, 0) is 18.1 Å². The van der Waals surface area contributed by atoms with Crippen LogP contribution in [0.5, 0.6) is 11.5 Å². The summed E-state index contributed by atoms with van der Waals surface area (Å²) in [7, 11) is 1.40. The maximum Gasteiger partial charge on any atom is 0.258 e. The first-order valence-corrected chi connectivity index (χ1v) is 6.30. The fourth-order valence-corrected chi connectivity index (χ4v) is 1.88. The van der Waals surface area contributed by atoms with Gasteiger partial charge in [0, 0.05) is 6.54 Å². The molecular weight excluding hydrogens is 260 g/mol. The van der Waals surface area contributed by atoms with E-state index in [1.54, 1.807) is 12.1 Å². The predicted octanol–water partition coefficient (Wildman–Crippen LogP) is 0.984. The van der Waals surface area contributed by atoms with Gasteiger partial charge in [0.05, 0.1) is 19.2 Å². The molecule has 0 unspecified atom stereocenters. The van der Waals surface area contributed by atoms with Gasteiger partial charge in [-0.1, -0.05) is 19.9 Å². The molecule has 1 rings (SSSR count). The van der Waals surface area contributed by atoms with Gasteiger partial charge in [0.15, 0.2) is 11.5 Å². The van der Waals surface area contributed by atoms with E-state index in [4.69, 9.17) is 10.5 Å². The first-order chi connectivity index (χ1) is 9.36. The van der Waals surface area contributed by atoms with Crippen molar-refractivity contribution in [2.24, 2.45) is 11.7 Å². The van der Waals surface area contributed by atoms with Crippen LogP contribution in [0.1, 0.15) is 24.2 Å². The van der Waals surface area contributed by atoms with Crippen LogP contribution in [0.4, 0.5) is 0 Å². The highest BCUT2D eigenvalue weighted by molar-refractivity contribution is 5.99. The van der Waals surface area contributed by atoms with Crippen LogP contribution in [-0.2, 0) is 4.79 Å². The molecular formula is C14H20N2O4. The van der Waals surface area contributed by atoms with Crippen molar-refractivity contribution >= 4 is 11.8 Å². The quantitative estimate of drug-likeness (QED) is 0.812. The van der Waals surface area contributed by atoms with Gasteiger partial charge in [-0.25, -0.2) is 0 Å². The van der Waals surface area contributed by atoms with Crippen molar-refractivity contribution in [3.8, 4) is 11.5 Å². The van der Waals surface area contributed by atoms with E-state index >= 15 is 0 Å². The summed E-state index contributed by atoms with van der Waals surface area (Å²) in [4.78, 5) is 24.8. The van der Waals surface area contributed by atoms with Gasteiger partial charge in [-0.3, -0.25) is 9.59 Å². The van der Waals surface area contributed by atoms with Crippen LogP contribution >= 0.6 is 0 Å². The summed E-state index contributed by atoms with van der Waals surface area (Å²) in [6.45, 7) is 4.03.